The van der Waals surface area contributed by atoms with Gasteiger partial charge in [-0.25, -0.2) is 0 Å². The number of rotatable bonds is 7. The van der Waals surface area contributed by atoms with E-state index in [9.17, 15) is 4.21 Å². The summed E-state index contributed by atoms with van der Waals surface area (Å²) in [5, 5.41) is 3.47. The Morgan fingerprint density at radius 3 is 2.42 bits per heavy atom. The predicted molar refractivity (Wildman–Crippen MR) is 88.2 cm³/mol. The molecule has 1 aromatic rings. The third kappa shape index (κ3) is 5.53. The highest BCUT2D eigenvalue weighted by Gasteiger charge is 2.09. The second-order valence-corrected chi connectivity index (χ2v) is 7.77. The highest BCUT2D eigenvalue weighted by Crippen LogP contribution is 2.34. The molecule has 0 aromatic heterocycles. The fourth-order valence-electron chi connectivity index (χ4n) is 1.53. The molecule has 0 heterocycles. The van der Waals surface area contributed by atoms with Gasteiger partial charge in [0.15, 0.2) is 0 Å². The van der Waals surface area contributed by atoms with Gasteiger partial charge >= 0.3 is 0 Å². The van der Waals surface area contributed by atoms with E-state index in [1.54, 1.807) is 6.26 Å². The van der Waals surface area contributed by atoms with Gasteiger partial charge < -0.3 is 10.1 Å². The Balaban J connectivity index is 2.63. The molecule has 19 heavy (non-hydrogen) atoms. The maximum absolute atomic E-state index is 11.3. The van der Waals surface area contributed by atoms with Crippen molar-refractivity contribution in [2.75, 3.05) is 19.4 Å². The maximum Gasteiger partial charge on any atom is 0.147 e. The molecule has 1 aromatic carbocycles. The highest BCUT2D eigenvalue weighted by molar-refractivity contribution is 9.11. The van der Waals surface area contributed by atoms with Crippen molar-refractivity contribution in [3.8, 4) is 5.75 Å². The largest absolute Gasteiger partial charge is 0.492 e. The fourth-order valence-corrected chi connectivity index (χ4v) is 3.40. The van der Waals surface area contributed by atoms with Gasteiger partial charge in [-0.2, -0.15) is 0 Å². The van der Waals surface area contributed by atoms with Gasteiger partial charge in [-0.15, -0.1) is 0 Å². The predicted octanol–water partition coefficient (Wildman–Crippen LogP) is 3.47. The van der Waals surface area contributed by atoms with Crippen LogP contribution in [0, 0.1) is 0 Å². The Morgan fingerprint density at radius 1 is 1.37 bits per heavy atom. The Hall–Kier alpha value is 0.0900. The lowest BCUT2D eigenvalue weighted by atomic mass is 10.2. The lowest BCUT2D eigenvalue weighted by Crippen LogP contribution is -2.27. The molecule has 0 aliphatic rings. The summed E-state index contributed by atoms with van der Waals surface area (Å²) in [4.78, 5) is 0. The van der Waals surface area contributed by atoms with Gasteiger partial charge in [-0.05, 0) is 63.4 Å². The lowest BCUT2D eigenvalue weighted by molar-refractivity contribution is 0.336. The minimum atomic E-state index is -0.784. The van der Waals surface area contributed by atoms with E-state index in [0.717, 1.165) is 33.3 Å². The minimum absolute atomic E-state index is 0.162. The highest BCUT2D eigenvalue weighted by atomic mass is 79.9. The first kappa shape index (κ1) is 17.1. The molecule has 0 fully saturated rings. The summed E-state index contributed by atoms with van der Waals surface area (Å²) < 4.78 is 18.7. The van der Waals surface area contributed by atoms with Crippen LogP contribution in [0.2, 0.25) is 0 Å². The second-order valence-electron chi connectivity index (χ2n) is 4.26. The summed E-state index contributed by atoms with van der Waals surface area (Å²) in [5.74, 6) is 0.828. The molecule has 1 N–H and O–H groups in total. The Kier molecular flexibility index (Phi) is 7.57. The number of halogens is 2. The molecule has 0 aliphatic carbocycles. The van der Waals surface area contributed by atoms with E-state index in [2.05, 4.69) is 37.2 Å². The summed E-state index contributed by atoms with van der Waals surface area (Å²) in [6.45, 7) is 6.05. The van der Waals surface area contributed by atoms with Gasteiger partial charge in [0.25, 0.3) is 0 Å². The zero-order valence-electron chi connectivity index (χ0n) is 11.3. The average Bonchev–Trinajstić information content (AvgIpc) is 2.33. The summed E-state index contributed by atoms with van der Waals surface area (Å²) in [7, 11) is -0.784. The van der Waals surface area contributed by atoms with Crippen LogP contribution >= 0.6 is 31.9 Å². The topological polar surface area (TPSA) is 38.3 Å². The van der Waals surface area contributed by atoms with Crippen molar-refractivity contribution in [1.29, 1.82) is 0 Å². The van der Waals surface area contributed by atoms with Crippen LogP contribution in [0.25, 0.3) is 0 Å². The van der Waals surface area contributed by atoms with Crippen molar-refractivity contribution in [2.45, 2.75) is 25.6 Å². The monoisotopic (exact) mass is 411 g/mol. The standard InChI is InChI=1S/C13H19Br2NO2S/c1-4-18-13-11(14)5-10(6-12(13)15)8-16-7-9(2)19(3)17/h5-6,9,16H,4,7-8H2,1-3H3. The molecule has 2 atom stereocenters. The maximum atomic E-state index is 11.3. The van der Waals surface area contributed by atoms with Gasteiger partial charge in [0.2, 0.25) is 0 Å². The summed E-state index contributed by atoms with van der Waals surface area (Å²) in [5.41, 5.74) is 1.15. The number of hydrogen-bond donors (Lipinski definition) is 1. The summed E-state index contributed by atoms with van der Waals surface area (Å²) >= 11 is 7.02. The van der Waals surface area contributed by atoms with Gasteiger partial charge in [-0.1, -0.05) is 0 Å². The Morgan fingerprint density at radius 2 is 1.95 bits per heavy atom. The molecule has 0 aliphatic heterocycles. The zero-order valence-corrected chi connectivity index (χ0v) is 15.3. The third-order valence-corrected chi connectivity index (χ3v) is 5.15. The first-order valence-corrected chi connectivity index (χ1v) is 9.30. The van der Waals surface area contributed by atoms with E-state index < -0.39 is 10.8 Å². The molecule has 0 amide bonds. The van der Waals surface area contributed by atoms with E-state index >= 15 is 0 Å². The van der Waals surface area contributed by atoms with Gasteiger partial charge in [0.05, 0.1) is 15.6 Å². The summed E-state index contributed by atoms with van der Waals surface area (Å²) in [6.07, 6.45) is 1.73. The van der Waals surface area contributed by atoms with Gasteiger partial charge in [0.1, 0.15) is 5.75 Å². The van der Waals surface area contributed by atoms with Crippen LogP contribution in [-0.4, -0.2) is 28.9 Å². The third-order valence-electron chi connectivity index (χ3n) is 2.67. The minimum Gasteiger partial charge on any atom is -0.492 e. The molecular weight excluding hydrogens is 394 g/mol. The van der Waals surface area contributed by atoms with Crippen LogP contribution < -0.4 is 10.1 Å². The normalized spacial score (nSPS) is 14.2. The van der Waals surface area contributed by atoms with E-state index in [4.69, 9.17) is 4.74 Å². The molecule has 0 saturated carbocycles. The molecule has 0 spiro atoms. The first-order valence-electron chi connectivity index (χ1n) is 6.09. The quantitative estimate of drug-likeness (QED) is 0.745. The van der Waals surface area contributed by atoms with Crippen molar-refractivity contribution in [2.24, 2.45) is 0 Å². The first-order chi connectivity index (χ1) is 8.95. The average molecular weight is 413 g/mol. The van der Waals surface area contributed by atoms with Gasteiger partial charge in [0, 0.05) is 35.4 Å². The number of ether oxygens (including phenoxy) is 1. The van der Waals surface area contributed by atoms with Crippen LogP contribution in [0.3, 0.4) is 0 Å². The SMILES string of the molecule is CCOc1c(Br)cc(CNCC(C)S(C)=O)cc1Br. The van der Waals surface area contributed by atoms with E-state index in [1.165, 1.54) is 0 Å². The molecule has 0 bridgehead atoms. The van der Waals surface area contributed by atoms with Crippen molar-refractivity contribution in [3.63, 3.8) is 0 Å². The molecular formula is C13H19Br2NO2S. The molecule has 3 nitrogen and oxygen atoms in total. The lowest BCUT2D eigenvalue weighted by Gasteiger charge is -2.13. The Labute approximate surface area is 134 Å². The number of nitrogens with one attached hydrogen (secondary N) is 1. The van der Waals surface area contributed by atoms with Crippen LogP contribution in [0.15, 0.2) is 21.1 Å². The second kappa shape index (κ2) is 8.39. The molecule has 0 radical (unpaired) electrons. The van der Waals surface area contributed by atoms with Crippen molar-refractivity contribution in [3.05, 3.63) is 26.6 Å². The molecule has 108 valence electrons. The molecule has 1 rings (SSSR count). The smallest absolute Gasteiger partial charge is 0.147 e. The summed E-state index contributed by atoms with van der Waals surface area (Å²) in [6, 6.07) is 4.08. The molecule has 6 heteroatoms. The number of hydrogen-bond acceptors (Lipinski definition) is 3. The molecule has 2 unspecified atom stereocenters. The van der Waals surface area contributed by atoms with Crippen LogP contribution in [0.5, 0.6) is 5.75 Å². The van der Waals surface area contributed by atoms with E-state index in [0.29, 0.717) is 6.61 Å². The van der Waals surface area contributed by atoms with Gasteiger partial charge in [-0.3, -0.25) is 4.21 Å². The van der Waals surface area contributed by atoms with Crippen molar-refractivity contribution >= 4 is 42.7 Å². The van der Waals surface area contributed by atoms with Crippen molar-refractivity contribution < 1.29 is 8.95 Å². The molecule has 0 saturated heterocycles. The van der Waals surface area contributed by atoms with Crippen LogP contribution in [0.4, 0.5) is 0 Å². The van der Waals surface area contributed by atoms with E-state index in [1.807, 2.05) is 26.0 Å². The van der Waals surface area contributed by atoms with E-state index in [-0.39, 0.29) is 5.25 Å². The zero-order chi connectivity index (χ0) is 14.4. The van der Waals surface area contributed by atoms with Crippen LogP contribution in [0.1, 0.15) is 19.4 Å². The Bertz CT molecular complexity index is 431. The van der Waals surface area contributed by atoms with Crippen LogP contribution in [-0.2, 0) is 17.3 Å². The fraction of sp³-hybridized carbons (Fsp3) is 0.538. The van der Waals surface area contributed by atoms with Crippen molar-refractivity contribution in [1.82, 2.24) is 5.32 Å². The number of benzene rings is 1.